The van der Waals surface area contributed by atoms with E-state index in [2.05, 4.69) is 5.32 Å². The lowest BCUT2D eigenvalue weighted by Gasteiger charge is -2.17. The summed E-state index contributed by atoms with van der Waals surface area (Å²) in [5.41, 5.74) is -0.954. The van der Waals surface area contributed by atoms with E-state index in [1.165, 1.54) is 0 Å². The molecule has 1 aliphatic rings. The predicted octanol–water partition coefficient (Wildman–Crippen LogP) is 3.42. The molecule has 0 spiro atoms. The lowest BCUT2D eigenvalue weighted by atomic mass is 10.1. The molecule has 134 valence electrons. The Kier molecular flexibility index (Phi) is 5.74. The lowest BCUT2D eigenvalue weighted by molar-refractivity contribution is -0.137. The number of rotatable bonds is 3. The molecule has 0 bridgehead atoms. The van der Waals surface area contributed by atoms with E-state index >= 15 is 0 Å². The highest BCUT2D eigenvalue weighted by Gasteiger charge is 2.31. The van der Waals surface area contributed by atoms with Crippen LogP contribution in [-0.2, 0) is 16.2 Å². The maximum Gasteiger partial charge on any atom is 0.416 e. The Balaban J connectivity index is 2.00. The van der Waals surface area contributed by atoms with Gasteiger partial charge in [0.2, 0.25) is 0 Å². The van der Waals surface area contributed by atoms with Gasteiger partial charge in [0.25, 0.3) is 10.0 Å². The molecule has 9 heteroatoms. The van der Waals surface area contributed by atoms with Gasteiger partial charge in [-0.1, -0.05) is 25.7 Å². The topological polar surface area (TPSA) is 75.3 Å². The van der Waals surface area contributed by atoms with E-state index < -0.39 is 32.7 Å². The molecule has 0 unspecified atom stereocenters. The zero-order valence-corrected chi connectivity index (χ0v) is 13.7. The van der Waals surface area contributed by atoms with Crippen molar-refractivity contribution in [2.45, 2.75) is 55.6 Å². The van der Waals surface area contributed by atoms with Crippen LogP contribution in [0.5, 0.6) is 0 Å². The van der Waals surface area contributed by atoms with Crippen LogP contribution >= 0.6 is 0 Å². The minimum absolute atomic E-state index is 0.0877. The van der Waals surface area contributed by atoms with Crippen LogP contribution in [0.3, 0.4) is 0 Å². The number of carbonyl (C=O) groups excluding carboxylic acids is 1. The summed E-state index contributed by atoms with van der Waals surface area (Å²) < 4.78 is 63.4. The molecule has 0 aliphatic heterocycles. The van der Waals surface area contributed by atoms with Crippen molar-refractivity contribution in [1.29, 1.82) is 0 Å². The van der Waals surface area contributed by atoms with Gasteiger partial charge in [0.05, 0.1) is 10.5 Å². The second-order valence-corrected chi connectivity index (χ2v) is 7.47. The van der Waals surface area contributed by atoms with Crippen LogP contribution in [-0.4, -0.2) is 20.5 Å². The van der Waals surface area contributed by atoms with Crippen LogP contribution in [0.15, 0.2) is 29.2 Å². The number of amides is 2. The van der Waals surface area contributed by atoms with E-state index in [4.69, 9.17) is 0 Å². The molecule has 2 N–H and O–H groups in total. The molecule has 1 aliphatic carbocycles. The molecule has 0 aromatic heterocycles. The second kappa shape index (κ2) is 7.42. The van der Waals surface area contributed by atoms with Crippen molar-refractivity contribution in [3.63, 3.8) is 0 Å². The highest BCUT2D eigenvalue weighted by Crippen LogP contribution is 2.29. The number of hydrogen-bond donors (Lipinski definition) is 2. The van der Waals surface area contributed by atoms with E-state index in [1.54, 1.807) is 0 Å². The van der Waals surface area contributed by atoms with Gasteiger partial charge in [0, 0.05) is 6.04 Å². The number of sulfonamides is 1. The summed E-state index contributed by atoms with van der Waals surface area (Å²) in [6, 6.07) is 2.03. The van der Waals surface area contributed by atoms with E-state index in [0.717, 1.165) is 50.7 Å². The van der Waals surface area contributed by atoms with Gasteiger partial charge in [-0.3, -0.25) is 0 Å². The summed E-state index contributed by atoms with van der Waals surface area (Å²) >= 11 is 0. The molecule has 1 aromatic rings. The summed E-state index contributed by atoms with van der Waals surface area (Å²) in [4.78, 5) is 11.5. The Morgan fingerprint density at radius 3 is 2.04 bits per heavy atom. The quantitative estimate of drug-likeness (QED) is 0.807. The summed E-state index contributed by atoms with van der Waals surface area (Å²) in [6.45, 7) is 0. The minimum Gasteiger partial charge on any atom is -0.335 e. The van der Waals surface area contributed by atoms with Crippen molar-refractivity contribution in [3.8, 4) is 0 Å². The first-order chi connectivity index (χ1) is 11.2. The van der Waals surface area contributed by atoms with Crippen molar-refractivity contribution >= 4 is 16.1 Å². The van der Waals surface area contributed by atoms with Gasteiger partial charge in [-0.15, -0.1) is 0 Å². The van der Waals surface area contributed by atoms with Gasteiger partial charge in [0.1, 0.15) is 0 Å². The van der Waals surface area contributed by atoms with E-state index in [-0.39, 0.29) is 6.04 Å². The zero-order valence-electron chi connectivity index (χ0n) is 12.9. The van der Waals surface area contributed by atoms with Gasteiger partial charge in [-0.2, -0.15) is 13.2 Å². The number of urea groups is 1. The summed E-state index contributed by atoms with van der Waals surface area (Å²) in [7, 11) is -4.21. The molecule has 24 heavy (non-hydrogen) atoms. The molecule has 0 saturated heterocycles. The Morgan fingerprint density at radius 2 is 1.54 bits per heavy atom. The second-order valence-electron chi connectivity index (χ2n) is 5.79. The van der Waals surface area contributed by atoms with Crippen LogP contribution in [0.4, 0.5) is 18.0 Å². The molecule has 2 amide bonds. The van der Waals surface area contributed by atoms with Gasteiger partial charge in [-0.05, 0) is 37.1 Å². The van der Waals surface area contributed by atoms with Gasteiger partial charge >= 0.3 is 12.2 Å². The fourth-order valence-corrected chi connectivity index (χ4v) is 3.56. The van der Waals surface area contributed by atoms with E-state index in [1.807, 2.05) is 4.72 Å². The maximum atomic E-state index is 12.5. The van der Waals surface area contributed by atoms with Crippen LogP contribution in [0, 0.1) is 0 Å². The lowest BCUT2D eigenvalue weighted by Crippen LogP contribution is -2.44. The summed E-state index contributed by atoms with van der Waals surface area (Å²) in [5.74, 6) is 0. The number of alkyl halides is 3. The van der Waals surface area contributed by atoms with Crippen molar-refractivity contribution < 1.29 is 26.4 Å². The smallest absolute Gasteiger partial charge is 0.335 e. The molecule has 2 rings (SSSR count). The highest BCUT2D eigenvalue weighted by atomic mass is 32.2. The zero-order chi connectivity index (χ0) is 17.8. The van der Waals surface area contributed by atoms with Gasteiger partial charge < -0.3 is 5.32 Å². The van der Waals surface area contributed by atoms with E-state index in [0.29, 0.717) is 12.1 Å². The normalized spacial score (nSPS) is 17.1. The average molecular weight is 364 g/mol. The first-order valence-electron chi connectivity index (χ1n) is 7.69. The SMILES string of the molecule is O=C(NC1CCCCCC1)NS(=O)(=O)c1ccc(C(F)(F)F)cc1. The maximum absolute atomic E-state index is 12.5. The monoisotopic (exact) mass is 364 g/mol. The standard InChI is InChI=1S/C15H19F3N2O3S/c16-15(17,18)11-7-9-13(10-8-11)24(22,23)20-14(21)19-12-5-3-1-2-4-6-12/h7-10,12H,1-6H2,(H2,19,20,21). The van der Waals surface area contributed by atoms with Gasteiger partial charge in [-0.25, -0.2) is 17.9 Å². The number of carbonyl (C=O) groups is 1. The molecule has 1 aromatic carbocycles. The van der Waals surface area contributed by atoms with Gasteiger partial charge in [0.15, 0.2) is 0 Å². The number of hydrogen-bond acceptors (Lipinski definition) is 3. The molecular weight excluding hydrogens is 345 g/mol. The molecular formula is C15H19F3N2O3S. The Hall–Kier alpha value is -1.77. The predicted molar refractivity (Wildman–Crippen MR) is 81.8 cm³/mol. The van der Waals surface area contributed by atoms with Crippen molar-refractivity contribution in [2.75, 3.05) is 0 Å². The third-order valence-electron chi connectivity index (χ3n) is 3.91. The fourth-order valence-electron chi connectivity index (χ4n) is 2.64. The first-order valence-corrected chi connectivity index (χ1v) is 9.17. The highest BCUT2D eigenvalue weighted by molar-refractivity contribution is 7.90. The number of benzene rings is 1. The van der Waals surface area contributed by atoms with Crippen molar-refractivity contribution in [3.05, 3.63) is 29.8 Å². The summed E-state index contributed by atoms with van der Waals surface area (Å²) in [6.07, 6.45) is 1.13. The largest absolute Gasteiger partial charge is 0.416 e. The third-order valence-corrected chi connectivity index (χ3v) is 5.26. The van der Waals surface area contributed by atoms with E-state index in [9.17, 15) is 26.4 Å². The summed E-state index contributed by atoms with van der Waals surface area (Å²) in [5, 5.41) is 2.61. The number of halogens is 3. The van der Waals surface area contributed by atoms with Crippen LogP contribution in [0.25, 0.3) is 0 Å². The molecule has 0 atom stereocenters. The molecule has 5 nitrogen and oxygen atoms in total. The molecule has 0 radical (unpaired) electrons. The Bertz CT molecular complexity index is 664. The fraction of sp³-hybridized carbons (Fsp3) is 0.533. The molecule has 1 saturated carbocycles. The average Bonchev–Trinajstić information content (AvgIpc) is 2.74. The van der Waals surface area contributed by atoms with Crippen LogP contribution < -0.4 is 10.0 Å². The Labute approximate surface area is 138 Å². The minimum atomic E-state index is -4.55. The first kappa shape index (κ1) is 18.6. The van der Waals surface area contributed by atoms with Crippen LogP contribution in [0.2, 0.25) is 0 Å². The third kappa shape index (κ3) is 5.12. The molecule has 1 fully saturated rings. The van der Waals surface area contributed by atoms with Crippen molar-refractivity contribution in [1.82, 2.24) is 10.0 Å². The molecule has 0 heterocycles. The number of nitrogens with one attached hydrogen (secondary N) is 2. The Morgan fingerprint density at radius 1 is 1.00 bits per heavy atom. The van der Waals surface area contributed by atoms with Crippen molar-refractivity contribution in [2.24, 2.45) is 0 Å². The van der Waals surface area contributed by atoms with Crippen LogP contribution in [0.1, 0.15) is 44.1 Å².